The van der Waals surface area contributed by atoms with Crippen LogP contribution in [0.15, 0.2) is 42.5 Å². The van der Waals surface area contributed by atoms with Crippen molar-refractivity contribution in [3.63, 3.8) is 0 Å². The van der Waals surface area contributed by atoms with E-state index in [1.165, 1.54) is 19.2 Å². The molecule has 0 unspecified atom stereocenters. The lowest BCUT2D eigenvalue weighted by molar-refractivity contribution is -0.385. The van der Waals surface area contributed by atoms with Gasteiger partial charge >= 0.3 is 0 Å². The van der Waals surface area contributed by atoms with Crippen LogP contribution in [0.25, 0.3) is 0 Å². The zero-order chi connectivity index (χ0) is 15.2. The summed E-state index contributed by atoms with van der Waals surface area (Å²) in [5, 5.41) is 19.8. The van der Waals surface area contributed by atoms with Gasteiger partial charge in [0.1, 0.15) is 18.1 Å². The molecule has 110 valence electrons. The van der Waals surface area contributed by atoms with Crippen LogP contribution < -0.4 is 9.47 Å². The Kier molecular flexibility index (Phi) is 4.73. The zero-order valence-electron chi connectivity index (χ0n) is 11.5. The van der Waals surface area contributed by atoms with Crippen LogP contribution >= 0.6 is 0 Å². The minimum atomic E-state index is -0.470. The van der Waals surface area contributed by atoms with Crippen LogP contribution in [0.4, 0.5) is 5.69 Å². The minimum absolute atomic E-state index is 0.0254. The monoisotopic (exact) mass is 289 g/mol. The van der Waals surface area contributed by atoms with Gasteiger partial charge in [-0.25, -0.2) is 0 Å². The summed E-state index contributed by atoms with van der Waals surface area (Å²) in [4.78, 5) is 10.4. The number of ether oxygens (including phenoxy) is 2. The smallest absolute Gasteiger partial charge is 0.273 e. The number of methoxy groups -OCH3 is 1. The van der Waals surface area contributed by atoms with Crippen molar-refractivity contribution in [1.29, 1.82) is 0 Å². The number of aliphatic hydroxyl groups excluding tert-OH is 1. The molecule has 0 aromatic heterocycles. The summed E-state index contributed by atoms with van der Waals surface area (Å²) in [7, 11) is 1.46. The summed E-state index contributed by atoms with van der Waals surface area (Å²) in [5.74, 6) is 1.04. The lowest BCUT2D eigenvalue weighted by atomic mass is 10.2. The van der Waals surface area contributed by atoms with E-state index in [1.807, 2.05) is 0 Å². The lowest BCUT2D eigenvalue weighted by Gasteiger charge is -2.08. The molecular weight excluding hydrogens is 274 g/mol. The average Bonchev–Trinajstić information content (AvgIpc) is 2.53. The predicted octanol–water partition coefficient (Wildman–Crippen LogP) is 2.67. The number of hydrogen-bond donors (Lipinski definition) is 1. The number of nitrogens with zero attached hydrogens (tertiary/aromatic N) is 1. The molecule has 0 aliphatic heterocycles. The second-order valence-corrected chi connectivity index (χ2v) is 4.39. The van der Waals surface area contributed by atoms with E-state index in [9.17, 15) is 10.1 Å². The van der Waals surface area contributed by atoms with Gasteiger partial charge in [0.15, 0.2) is 0 Å². The third-order valence-corrected chi connectivity index (χ3v) is 2.91. The molecule has 0 amide bonds. The normalized spacial score (nSPS) is 10.2. The van der Waals surface area contributed by atoms with Crippen molar-refractivity contribution in [1.82, 2.24) is 0 Å². The number of non-ortho nitro benzene ring substituents is 1. The van der Waals surface area contributed by atoms with E-state index < -0.39 is 4.92 Å². The molecule has 6 heteroatoms. The first-order chi connectivity index (χ1) is 10.1. The Hall–Kier alpha value is -2.60. The third-order valence-electron chi connectivity index (χ3n) is 2.91. The van der Waals surface area contributed by atoms with Crippen molar-refractivity contribution < 1.29 is 19.5 Å². The average molecular weight is 289 g/mol. The van der Waals surface area contributed by atoms with Gasteiger partial charge in [0, 0.05) is 6.07 Å². The number of nitro groups is 1. The van der Waals surface area contributed by atoms with Crippen molar-refractivity contribution in [2.75, 3.05) is 7.11 Å². The molecule has 0 atom stereocenters. The fraction of sp³-hybridized carbons (Fsp3) is 0.200. The van der Waals surface area contributed by atoms with Gasteiger partial charge in [-0.2, -0.15) is 0 Å². The molecular formula is C15H15NO5. The number of aliphatic hydroxyl groups is 1. The molecule has 0 aliphatic carbocycles. The predicted molar refractivity (Wildman–Crippen MR) is 76.3 cm³/mol. The molecule has 0 aliphatic rings. The molecule has 0 saturated carbocycles. The molecule has 0 spiro atoms. The van der Waals surface area contributed by atoms with Gasteiger partial charge in [-0.1, -0.05) is 12.1 Å². The van der Waals surface area contributed by atoms with Crippen LogP contribution in [0.2, 0.25) is 0 Å². The highest BCUT2D eigenvalue weighted by Gasteiger charge is 2.10. The number of hydrogen-bond acceptors (Lipinski definition) is 5. The maximum absolute atomic E-state index is 10.9. The van der Waals surface area contributed by atoms with E-state index in [4.69, 9.17) is 14.6 Å². The molecule has 6 nitrogen and oxygen atoms in total. The molecule has 0 radical (unpaired) electrons. The second-order valence-electron chi connectivity index (χ2n) is 4.39. The number of nitro benzene ring substituents is 1. The molecule has 2 rings (SSSR count). The van der Waals surface area contributed by atoms with Crippen molar-refractivity contribution >= 4 is 5.69 Å². The first-order valence-electron chi connectivity index (χ1n) is 6.27. The maximum Gasteiger partial charge on any atom is 0.273 e. The molecule has 0 bridgehead atoms. The topological polar surface area (TPSA) is 81.8 Å². The van der Waals surface area contributed by atoms with Gasteiger partial charge in [0.2, 0.25) is 0 Å². The minimum Gasteiger partial charge on any atom is -0.496 e. The SMILES string of the molecule is COc1cc(COc2ccc(CO)cc2)cc([N+](=O)[O-])c1. The van der Waals surface area contributed by atoms with Gasteiger partial charge in [0.05, 0.1) is 24.7 Å². The Bertz CT molecular complexity index is 624. The Morgan fingerprint density at radius 2 is 1.81 bits per heavy atom. The van der Waals surface area contributed by atoms with Gasteiger partial charge in [0.25, 0.3) is 5.69 Å². The Morgan fingerprint density at radius 3 is 2.38 bits per heavy atom. The molecule has 1 N–H and O–H groups in total. The summed E-state index contributed by atoms with van der Waals surface area (Å²) in [5.41, 5.74) is 1.40. The fourth-order valence-electron chi connectivity index (χ4n) is 1.81. The van der Waals surface area contributed by atoms with E-state index in [-0.39, 0.29) is 18.9 Å². The lowest BCUT2D eigenvalue weighted by Crippen LogP contribution is -1.98. The van der Waals surface area contributed by atoms with Crippen LogP contribution in [0.5, 0.6) is 11.5 Å². The van der Waals surface area contributed by atoms with Crippen LogP contribution in [-0.4, -0.2) is 17.1 Å². The van der Waals surface area contributed by atoms with Crippen molar-refractivity contribution in [2.45, 2.75) is 13.2 Å². The van der Waals surface area contributed by atoms with Crippen molar-refractivity contribution in [3.8, 4) is 11.5 Å². The van der Waals surface area contributed by atoms with E-state index in [0.29, 0.717) is 17.1 Å². The summed E-state index contributed by atoms with van der Waals surface area (Å²) in [6.07, 6.45) is 0. The summed E-state index contributed by atoms with van der Waals surface area (Å²) in [6, 6.07) is 11.5. The number of rotatable bonds is 6. The molecule has 21 heavy (non-hydrogen) atoms. The standard InChI is InChI=1S/C15H15NO5/c1-20-15-7-12(6-13(8-15)16(18)19)10-21-14-4-2-11(9-17)3-5-14/h2-8,17H,9-10H2,1H3. The quantitative estimate of drug-likeness (QED) is 0.653. The fourth-order valence-corrected chi connectivity index (χ4v) is 1.81. The molecule has 2 aromatic rings. The highest BCUT2D eigenvalue weighted by molar-refractivity contribution is 5.42. The van der Waals surface area contributed by atoms with E-state index in [2.05, 4.69) is 0 Å². The van der Waals surface area contributed by atoms with Gasteiger partial charge in [-0.15, -0.1) is 0 Å². The van der Waals surface area contributed by atoms with Crippen LogP contribution in [-0.2, 0) is 13.2 Å². The molecule has 2 aromatic carbocycles. The van der Waals surface area contributed by atoms with Gasteiger partial charge in [-0.05, 0) is 29.3 Å². The molecule has 0 fully saturated rings. The summed E-state index contributed by atoms with van der Waals surface area (Å²) in [6.45, 7) is 0.166. The van der Waals surface area contributed by atoms with E-state index >= 15 is 0 Å². The van der Waals surface area contributed by atoms with Gasteiger partial charge in [-0.3, -0.25) is 10.1 Å². The molecule has 0 heterocycles. The highest BCUT2D eigenvalue weighted by Crippen LogP contribution is 2.23. The molecule has 0 saturated heterocycles. The highest BCUT2D eigenvalue weighted by atomic mass is 16.6. The largest absolute Gasteiger partial charge is 0.496 e. The second kappa shape index (κ2) is 6.71. The van der Waals surface area contributed by atoms with Crippen molar-refractivity contribution in [2.24, 2.45) is 0 Å². The number of benzene rings is 2. The van der Waals surface area contributed by atoms with E-state index in [0.717, 1.165) is 5.56 Å². The van der Waals surface area contributed by atoms with Crippen LogP contribution in [0.1, 0.15) is 11.1 Å². The first-order valence-corrected chi connectivity index (χ1v) is 6.27. The Balaban J connectivity index is 2.11. The van der Waals surface area contributed by atoms with Crippen LogP contribution in [0.3, 0.4) is 0 Å². The van der Waals surface area contributed by atoms with E-state index in [1.54, 1.807) is 30.3 Å². The Morgan fingerprint density at radius 1 is 1.10 bits per heavy atom. The summed E-state index contributed by atoms with van der Waals surface area (Å²) >= 11 is 0. The third kappa shape index (κ3) is 3.93. The maximum atomic E-state index is 10.9. The Labute approximate surface area is 121 Å². The van der Waals surface area contributed by atoms with Gasteiger partial charge < -0.3 is 14.6 Å². The zero-order valence-corrected chi connectivity index (χ0v) is 11.5. The summed E-state index contributed by atoms with van der Waals surface area (Å²) < 4.78 is 10.6. The first kappa shape index (κ1) is 14.8. The van der Waals surface area contributed by atoms with Crippen molar-refractivity contribution in [3.05, 3.63) is 63.7 Å². The van der Waals surface area contributed by atoms with Crippen LogP contribution in [0, 0.1) is 10.1 Å².